The normalized spacial score (nSPS) is 21.9. The Morgan fingerprint density at radius 1 is 1.47 bits per heavy atom. The van der Waals surface area contributed by atoms with Gasteiger partial charge >= 0.3 is 0 Å². The maximum Gasteiger partial charge on any atom is 0.226 e. The first-order valence-electron chi connectivity index (χ1n) is 5.94. The van der Waals surface area contributed by atoms with Crippen molar-refractivity contribution >= 4 is 5.91 Å². The molecule has 1 unspecified atom stereocenters. The van der Waals surface area contributed by atoms with E-state index in [0.717, 1.165) is 12.5 Å². The minimum Gasteiger partial charge on any atom is -0.331 e. The molecule has 2 fully saturated rings. The highest BCUT2D eigenvalue weighted by molar-refractivity contribution is 5.79. The zero-order chi connectivity index (χ0) is 10.8. The minimum atomic E-state index is 0.192. The van der Waals surface area contributed by atoms with E-state index in [2.05, 4.69) is 12.8 Å². The van der Waals surface area contributed by atoms with E-state index in [-0.39, 0.29) is 11.8 Å². The van der Waals surface area contributed by atoms with E-state index in [1.165, 1.54) is 25.7 Å². The van der Waals surface area contributed by atoms with Gasteiger partial charge in [-0.2, -0.15) is 0 Å². The highest BCUT2D eigenvalue weighted by Gasteiger charge is 2.36. The van der Waals surface area contributed by atoms with E-state index in [1.54, 1.807) is 0 Å². The van der Waals surface area contributed by atoms with E-state index >= 15 is 0 Å². The van der Waals surface area contributed by atoms with Crippen molar-refractivity contribution in [3.63, 3.8) is 0 Å². The second kappa shape index (κ2) is 4.26. The van der Waals surface area contributed by atoms with Gasteiger partial charge in [-0.15, -0.1) is 6.42 Å². The first kappa shape index (κ1) is 10.5. The third-order valence-electron chi connectivity index (χ3n) is 3.49. The van der Waals surface area contributed by atoms with Gasteiger partial charge in [0.05, 0.1) is 6.54 Å². The van der Waals surface area contributed by atoms with Crippen molar-refractivity contribution in [2.45, 2.75) is 32.6 Å². The molecule has 2 aliphatic rings. The van der Waals surface area contributed by atoms with Gasteiger partial charge in [0.25, 0.3) is 0 Å². The van der Waals surface area contributed by atoms with Crippen LogP contribution in [0.5, 0.6) is 0 Å². The molecule has 82 valence electrons. The molecule has 1 atom stereocenters. The Labute approximate surface area is 92.0 Å². The van der Waals surface area contributed by atoms with Crippen LogP contribution in [-0.2, 0) is 4.79 Å². The van der Waals surface area contributed by atoms with Crippen LogP contribution in [0.2, 0.25) is 0 Å². The van der Waals surface area contributed by atoms with Crippen LogP contribution < -0.4 is 0 Å². The van der Waals surface area contributed by atoms with Crippen LogP contribution in [-0.4, -0.2) is 23.9 Å². The fraction of sp³-hybridized carbons (Fsp3) is 0.769. The smallest absolute Gasteiger partial charge is 0.226 e. The first-order valence-corrected chi connectivity index (χ1v) is 5.94. The quantitative estimate of drug-likeness (QED) is 0.628. The fourth-order valence-electron chi connectivity index (χ4n) is 2.04. The van der Waals surface area contributed by atoms with Crippen molar-refractivity contribution in [3.8, 4) is 12.3 Å². The Hall–Kier alpha value is -0.970. The van der Waals surface area contributed by atoms with Crippen molar-refractivity contribution < 1.29 is 4.79 Å². The Bertz CT molecular complexity index is 283. The number of terminal acetylenes is 1. The van der Waals surface area contributed by atoms with Crippen LogP contribution in [0.4, 0.5) is 0 Å². The van der Waals surface area contributed by atoms with Crippen molar-refractivity contribution in [1.82, 2.24) is 4.90 Å². The van der Waals surface area contributed by atoms with Gasteiger partial charge in [-0.25, -0.2) is 0 Å². The van der Waals surface area contributed by atoms with E-state index in [0.29, 0.717) is 12.5 Å². The first-order chi connectivity index (χ1) is 7.22. The zero-order valence-electron chi connectivity index (χ0n) is 9.41. The molecule has 1 amide bonds. The van der Waals surface area contributed by atoms with Crippen molar-refractivity contribution in [3.05, 3.63) is 0 Å². The van der Waals surface area contributed by atoms with Crippen molar-refractivity contribution in [2.75, 3.05) is 13.1 Å². The molecule has 0 radical (unpaired) electrons. The zero-order valence-corrected chi connectivity index (χ0v) is 9.41. The standard InChI is InChI=1S/C13H19NO/c1-3-8-14(9-11-4-5-11)13(15)10(2)12-6-7-12/h1,10-12H,4-9H2,2H3. The molecule has 2 heteroatoms. The van der Waals surface area contributed by atoms with E-state index in [4.69, 9.17) is 6.42 Å². The number of carbonyl (C=O) groups is 1. The fourth-order valence-corrected chi connectivity index (χ4v) is 2.04. The minimum absolute atomic E-state index is 0.192. The lowest BCUT2D eigenvalue weighted by Gasteiger charge is -2.23. The molecular formula is C13H19NO. The molecule has 0 spiro atoms. The Kier molecular flexibility index (Phi) is 3.00. The van der Waals surface area contributed by atoms with Gasteiger partial charge in [-0.05, 0) is 37.5 Å². The second-order valence-corrected chi connectivity index (χ2v) is 4.99. The average molecular weight is 205 g/mol. The van der Waals surface area contributed by atoms with Crippen LogP contribution in [0, 0.1) is 30.1 Å². The Morgan fingerprint density at radius 3 is 2.60 bits per heavy atom. The summed E-state index contributed by atoms with van der Waals surface area (Å²) < 4.78 is 0. The summed E-state index contributed by atoms with van der Waals surface area (Å²) in [6.45, 7) is 3.43. The van der Waals surface area contributed by atoms with Crippen LogP contribution in [0.15, 0.2) is 0 Å². The monoisotopic (exact) mass is 205 g/mol. The molecule has 0 saturated heterocycles. The van der Waals surface area contributed by atoms with Crippen LogP contribution in [0.1, 0.15) is 32.6 Å². The summed E-state index contributed by atoms with van der Waals surface area (Å²) in [5.41, 5.74) is 0. The van der Waals surface area contributed by atoms with Gasteiger partial charge in [0.2, 0.25) is 5.91 Å². The Morgan fingerprint density at radius 2 is 2.13 bits per heavy atom. The lowest BCUT2D eigenvalue weighted by Crippen LogP contribution is -2.37. The summed E-state index contributed by atoms with van der Waals surface area (Å²) in [4.78, 5) is 14.0. The molecule has 2 aliphatic carbocycles. The predicted octanol–water partition coefficient (Wildman–Crippen LogP) is 1.90. The summed E-state index contributed by atoms with van der Waals surface area (Å²) in [6, 6.07) is 0. The van der Waals surface area contributed by atoms with Crippen LogP contribution in [0.3, 0.4) is 0 Å². The molecule has 0 N–H and O–H groups in total. The summed E-state index contributed by atoms with van der Waals surface area (Å²) in [5, 5.41) is 0. The number of carbonyl (C=O) groups excluding carboxylic acids is 1. The van der Waals surface area contributed by atoms with E-state index < -0.39 is 0 Å². The lowest BCUT2D eigenvalue weighted by molar-refractivity contribution is -0.135. The topological polar surface area (TPSA) is 20.3 Å². The Balaban J connectivity index is 1.89. The predicted molar refractivity (Wildman–Crippen MR) is 60.0 cm³/mol. The number of amides is 1. The molecule has 0 aromatic heterocycles. The molecule has 0 aliphatic heterocycles. The van der Waals surface area contributed by atoms with Gasteiger partial charge in [0.15, 0.2) is 0 Å². The van der Waals surface area contributed by atoms with E-state index in [1.807, 2.05) is 4.90 Å². The molecule has 0 aromatic rings. The number of hydrogen-bond donors (Lipinski definition) is 0. The van der Waals surface area contributed by atoms with Gasteiger partial charge in [-0.3, -0.25) is 4.79 Å². The molecule has 2 rings (SSSR count). The lowest BCUT2D eigenvalue weighted by atomic mass is 10.0. The van der Waals surface area contributed by atoms with Crippen LogP contribution in [0.25, 0.3) is 0 Å². The van der Waals surface area contributed by atoms with Gasteiger partial charge in [0.1, 0.15) is 0 Å². The SMILES string of the molecule is C#CCN(CC1CC1)C(=O)C(C)C1CC1. The summed E-state index contributed by atoms with van der Waals surface area (Å²) in [6.07, 6.45) is 10.3. The number of hydrogen-bond acceptors (Lipinski definition) is 1. The summed E-state index contributed by atoms with van der Waals surface area (Å²) in [7, 11) is 0. The van der Waals surface area contributed by atoms with Gasteiger partial charge in [-0.1, -0.05) is 12.8 Å². The second-order valence-electron chi connectivity index (χ2n) is 4.99. The molecule has 0 bridgehead atoms. The largest absolute Gasteiger partial charge is 0.331 e. The average Bonchev–Trinajstić information content (AvgIpc) is 3.06. The molecule has 2 saturated carbocycles. The molecule has 2 nitrogen and oxygen atoms in total. The highest BCUT2D eigenvalue weighted by Crippen LogP contribution is 2.38. The third kappa shape index (κ3) is 2.75. The molecule has 15 heavy (non-hydrogen) atoms. The summed E-state index contributed by atoms with van der Waals surface area (Å²) >= 11 is 0. The van der Waals surface area contributed by atoms with Crippen LogP contribution >= 0.6 is 0 Å². The maximum absolute atomic E-state index is 12.1. The van der Waals surface area contributed by atoms with Crippen molar-refractivity contribution in [2.24, 2.45) is 17.8 Å². The molecular weight excluding hydrogens is 186 g/mol. The molecule has 0 heterocycles. The third-order valence-corrected chi connectivity index (χ3v) is 3.49. The highest BCUT2D eigenvalue weighted by atomic mass is 16.2. The molecule has 0 aromatic carbocycles. The van der Waals surface area contributed by atoms with Gasteiger partial charge < -0.3 is 4.90 Å². The van der Waals surface area contributed by atoms with Gasteiger partial charge in [0, 0.05) is 12.5 Å². The summed E-state index contributed by atoms with van der Waals surface area (Å²) in [5.74, 6) is 4.44. The maximum atomic E-state index is 12.1. The number of nitrogens with zero attached hydrogens (tertiary/aromatic N) is 1. The number of rotatable bonds is 5. The van der Waals surface area contributed by atoms with E-state index in [9.17, 15) is 4.79 Å². The van der Waals surface area contributed by atoms with Crippen molar-refractivity contribution in [1.29, 1.82) is 0 Å².